The van der Waals surface area contributed by atoms with Gasteiger partial charge in [0.1, 0.15) is 6.61 Å². The highest BCUT2D eigenvalue weighted by molar-refractivity contribution is 14.1. The van der Waals surface area contributed by atoms with E-state index in [2.05, 4.69) is 52.2 Å². The van der Waals surface area contributed by atoms with E-state index in [4.69, 9.17) is 4.74 Å². The lowest BCUT2D eigenvalue weighted by atomic mass is 10.1. The van der Waals surface area contributed by atoms with Crippen molar-refractivity contribution in [1.82, 2.24) is 5.32 Å². The van der Waals surface area contributed by atoms with Gasteiger partial charge in [0.25, 0.3) is 0 Å². The maximum Gasteiger partial charge on any atom is 0.407 e. The van der Waals surface area contributed by atoms with E-state index in [0.717, 1.165) is 6.42 Å². The van der Waals surface area contributed by atoms with Gasteiger partial charge in [0.15, 0.2) is 0 Å². The highest BCUT2D eigenvalue weighted by Crippen LogP contribution is 2.10. The van der Waals surface area contributed by atoms with Gasteiger partial charge in [-0.15, -0.1) is 0 Å². The van der Waals surface area contributed by atoms with Crippen molar-refractivity contribution >= 4 is 28.7 Å². The van der Waals surface area contributed by atoms with Crippen LogP contribution in [-0.4, -0.2) is 18.7 Å². The summed E-state index contributed by atoms with van der Waals surface area (Å²) in [5.74, 6) is 0. The summed E-state index contributed by atoms with van der Waals surface area (Å²) in [5.41, 5.74) is 1.22. The van der Waals surface area contributed by atoms with Crippen molar-refractivity contribution in [2.45, 2.75) is 12.5 Å². The molecule has 0 aromatic heterocycles. The monoisotopic (exact) mass is 303 g/mol. The predicted molar refractivity (Wildman–Crippen MR) is 61.1 cm³/mol. The minimum absolute atomic E-state index is 0.127. The molecular weight excluding hydrogens is 293 g/mol. The maximum absolute atomic E-state index is 10.8. The third-order valence-corrected chi connectivity index (χ3v) is 2.85. The molecule has 1 heterocycles. The van der Waals surface area contributed by atoms with Gasteiger partial charge < -0.3 is 10.1 Å². The van der Waals surface area contributed by atoms with E-state index in [1.807, 2.05) is 0 Å². The molecule has 0 aliphatic carbocycles. The van der Waals surface area contributed by atoms with Crippen LogP contribution in [0.3, 0.4) is 0 Å². The standard InChI is InChI=1S/C10H10INO2/c11-8-3-1-7(2-4-8)5-9-6-14-10(13)12-9/h1-4,9H,5-6H2,(H,12,13). The van der Waals surface area contributed by atoms with Gasteiger partial charge in [-0.25, -0.2) is 4.79 Å². The van der Waals surface area contributed by atoms with Crippen molar-refractivity contribution in [3.05, 3.63) is 33.4 Å². The zero-order valence-corrected chi connectivity index (χ0v) is 9.65. The van der Waals surface area contributed by atoms with Crippen LogP contribution < -0.4 is 5.32 Å². The zero-order valence-electron chi connectivity index (χ0n) is 7.50. The summed E-state index contributed by atoms with van der Waals surface area (Å²) < 4.78 is 6.03. The van der Waals surface area contributed by atoms with Crippen molar-refractivity contribution in [1.29, 1.82) is 0 Å². The number of hydrogen-bond donors (Lipinski definition) is 1. The van der Waals surface area contributed by atoms with Crippen LogP contribution in [-0.2, 0) is 11.2 Å². The SMILES string of the molecule is O=C1NC(Cc2ccc(I)cc2)CO1. The Morgan fingerprint density at radius 2 is 2.14 bits per heavy atom. The number of alkyl carbamates (subject to hydrolysis) is 1. The van der Waals surface area contributed by atoms with E-state index >= 15 is 0 Å². The van der Waals surface area contributed by atoms with Crippen LogP contribution in [0.25, 0.3) is 0 Å². The Morgan fingerprint density at radius 1 is 1.43 bits per heavy atom. The Kier molecular flexibility index (Phi) is 2.90. The summed E-state index contributed by atoms with van der Waals surface area (Å²) in [6, 6.07) is 8.40. The lowest BCUT2D eigenvalue weighted by Gasteiger charge is -2.06. The second-order valence-corrected chi connectivity index (χ2v) is 4.52. The molecule has 14 heavy (non-hydrogen) atoms. The summed E-state index contributed by atoms with van der Waals surface area (Å²) >= 11 is 2.27. The van der Waals surface area contributed by atoms with E-state index in [-0.39, 0.29) is 12.1 Å². The molecule has 1 aliphatic rings. The highest BCUT2D eigenvalue weighted by Gasteiger charge is 2.21. The van der Waals surface area contributed by atoms with E-state index in [1.165, 1.54) is 9.13 Å². The molecule has 0 spiro atoms. The zero-order chi connectivity index (χ0) is 9.97. The van der Waals surface area contributed by atoms with Gasteiger partial charge in [-0.3, -0.25) is 0 Å². The van der Waals surface area contributed by atoms with E-state index in [1.54, 1.807) is 0 Å². The smallest absolute Gasteiger partial charge is 0.407 e. The number of carbonyl (C=O) groups excluding carboxylic acids is 1. The van der Waals surface area contributed by atoms with Gasteiger partial charge in [0, 0.05) is 3.57 Å². The fraction of sp³-hybridized carbons (Fsp3) is 0.300. The Hall–Kier alpha value is -0.780. The normalized spacial score (nSPS) is 20.4. The van der Waals surface area contributed by atoms with Crippen molar-refractivity contribution in [3.63, 3.8) is 0 Å². The molecule has 2 rings (SSSR count). The third-order valence-electron chi connectivity index (χ3n) is 2.13. The summed E-state index contributed by atoms with van der Waals surface area (Å²) in [5, 5.41) is 2.75. The third kappa shape index (κ3) is 2.37. The first-order chi connectivity index (χ1) is 6.74. The lowest BCUT2D eigenvalue weighted by Crippen LogP contribution is -2.28. The minimum atomic E-state index is -0.305. The van der Waals surface area contributed by atoms with Crippen molar-refractivity contribution in [2.75, 3.05) is 6.61 Å². The predicted octanol–water partition coefficient (Wildman–Crippen LogP) is 1.94. The molecule has 1 aromatic rings. The largest absolute Gasteiger partial charge is 0.447 e. The number of carbonyl (C=O) groups is 1. The molecule has 1 atom stereocenters. The van der Waals surface area contributed by atoms with Crippen LogP contribution in [0.1, 0.15) is 5.56 Å². The highest BCUT2D eigenvalue weighted by atomic mass is 127. The van der Waals surface area contributed by atoms with E-state index < -0.39 is 0 Å². The molecule has 1 amide bonds. The summed E-state index contributed by atoms with van der Waals surface area (Å²) in [6.45, 7) is 0.477. The molecule has 74 valence electrons. The quantitative estimate of drug-likeness (QED) is 0.848. The molecule has 0 radical (unpaired) electrons. The molecule has 0 saturated carbocycles. The molecule has 1 saturated heterocycles. The number of ether oxygens (including phenoxy) is 1. The van der Waals surface area contributed by atoms with Gasteiger partial charge >= 0.3 is 6.09 Å². The van der Waals surface area contributed by atoms with Crippen LogP contribution in [0.2, 0.25) is 0 Å². The Bertz CT molecular complexity index is 336. The second kappa shape index (κ2) is 4.16. The number of cyclic esters (lactones) is 1. The van der Waals surface area contributed by atoms with Gasteiger partial charge in [0.2, 0.25) is 0 Å². The number of halogens is 1. The van der Waals surface area contributed by atoms with E-state index in [0.29, 0.717) is 6.61 Å². The topological polar surface area (TPSA) is 38.3 Å². The first-order valence-corrected chi connectivity index (χ1v) is 5.49. The van der Waals surface area contributed by atoms with Crippen molar-refractivity contribution in [2.24, 2.45) is 0 Å². The molecule has 3 nitrogen and oxygen atoms in total. The van der Waals surface area contributed by atoms with Gasteiger partial charge in [-0.05, 0) is 46.7 Å². The molecule has 0 bridgehead atoms. The van der Waals surface area contributed by atoms with Crippen molar-refractivity contribution in [3.8, 4) is 0 Å². The van der Waals surface area contributed by atoms with Crippen LogP contribution in [0.4, 0.5) is 4.79 Å². The Morgan fingerprint density at radius 3 is 2.71 bits per heavy atom. The fourth-order valence-corrected chi connectivity index (χ4v) is 1.80. The molecular formula is C10H10INO2. The van der Waals surface area contributed by atoms with E-state index in [9.17, 15) is 4.79 Å². The first-order valence-electron chi connectivity index (χ1n) is 4.42. The molecule has 1 unspecified atom stereocenters. The molecule has 4 heteroatoms. The van der Waals surface area contributed by atoms with Gasteiger partial charge in [0.05, 0.1) is 6.04 Å². The number of rotatable bonds is 2. The maximum atomic E-state index is 10.8. The fourth-order valence-electron chi connectivity index (χ4n) is 1.44. The van der Waals surface area contributed by atoms with Crippen molar-refractivity contribution < 1.29 is 9.53 Å². The molecule has 1 aromatic carbocycles. The molecule has 1 fully saturated rings. The van der Waals surface area contributed by atoms with Crippen LogP contribution in [0.5, 0.6) is 0 Å². The minimum Gasteiger partial charge on any atom is -0.447 e. The number of benzene rings is 1. The van der Waals surface area contributed by atoms with Crippen LogP contribution in [0.15, 0.2) is 24.3 Å². The molecule has 1 aliphatic heterocycles. The number of nitrogens with one attached hydrogen (secondary N) is 1. The lowest BCUT2D eigenvalue weighted by molar-refractivity contribution is 0.177. The van der Waals surface area contributed by atoms with Gasteiger partial charge in [-0.1, -0.05) is 12.1 Å². The first kappa shape index (κ1) is 9.76. The summed E-state index contributed by atoms with van der Waals surface area (Å²) in [6.07, 6.45) is 0.531. The number of amides is 1. The van der Waals surface area contributed by atoms with Gasteiger partial charge in [-0.2, -0.15) is 0 Å². The second-order valence-electron chi connectivity index (χ2n) is 3.27. The number of hydrogen-bond acceptors (Lipinski definition) is 2. The van der Waals surface area contributed by atoms with Crippen LogP contribution >= 0.6 is 22.6 Å². The summed E-state index contributed by atoms with van der Waals surface area (Å²) in [4.78, 5) is 10.8. The Balaban J connectivity index is 1.97. The van der Waals surface area contributed by atoms with Crippen LogP contribution in [0, 0.1) is 3.57 Å². The average molecular weight is 303 g/mol. The molecule has 1 N–H and O–H groups in total. The Labute approximate surface area is 96.0 Å². The average Bonchev–Trinajstić information content (AvgIpc) is 2.56. The summed E-state index contributed by atoms with van der Waals surface area (Å²) in [7, 11) is 0.